The predicted molar refractivity (Wildman–Crippen MR) is 108 cm³/mol. The molecule has 0 aliphatic carbocycles. The highest BCUT2D eigenvalue weighted by Gasteiger charge is 2.23. The number of H-pyrrole nitrogens is 1. The number of aromatic amines is 1. The second-order valence-electron chi connectivity index (χ2n) is 6.75. The maximum atomic E-state index is 12.7. The fourth-order valence-electron chi connectivity index (χ4n) is 3.50. The van der Waals surface area contributed by atoms with Crippen LogP contribution in [0.15, 0.2) is 77.5 Å². The van der Waals surface area contributed by atoms with E-state index >= 15 is 0 Å². The Morgan fingerprint density at radius 1 is 1.14 bits per heavy atom. The molecule has 0 aliphatic heterocycles. The highest BCUT2D eigenvalue weighted by atomic mass is 16.6. The van der Waals surface area contributed by atoms with Gasteiger partial charge in [-0.05, 0) is 29.3 Å². The number of nitro benzene ring substituents is 1. The standard InChI is InChI=1S/C22H19N3O4/c26-22(24-13-17-7-4-10-29-17)12-19(15-5-3-6-16(11-15)25(27)28)20-14-23-21-9-2-1-8-18(20)21/h1-11,14,19,23H,12-13H2,(H,24,26)/t19-/m1/s1. The molecule has 0 spiro atoms. The number of non-ortho nitro benzene ring substituents is 1. The van der Waals surface area contributed by atoms with Crippen molar-refractivity contribution in [3.8, 4) is 0 Å². The second kappa shape index (κ2) is 8.02. The molecule has 4 aromatic rings. The SMILES string of the molecule is O=C(C[C@H](c1cccc([N+](=O)[O-])c1)c1c[nH]c2ccccc12)NCc1ccco1. The van der Waals surface area contributed by atoms with Gasteiger partial charge in [-0.25, -0.2) is 0 Å². The molecule has 1 amide bonds. The van der Waals surface area contributed by atoms with Gasteiger partial charge in [0.05, 0.1) is 17.7 Å². The van der Waals surface area contributed by atoms with Gasteiger partial charge in [-0.15, -0.1) is 0 Å². The maximum absolute atomic E-state index is 12.7. The fraction of sp³-hybridized carbons (Fsp3) is 0.136. The number of hydrogen-bond acceptors (Lipinski definition) is 4. The van der Waals surface area contributed by atoms with Crippen molar-refractivity contribution in [2.75, 3.05) is 0 Å². The lowest BCUT2D eigenvalue weighted by atomic mass is 9.87. The van der Waals surface area contributed by atoms with Crippen LogP contribution >= 0.6 is 0 Å². The van der Waals surface area contributed by atoms with Gasteiger partial charge >= 0.3 is 0 Å². The van der Waals surface area contributed by atoms with Crippen molar-refractivity contribution in [3.63, 3.8) is 0 Å². The lowest BCUT2D eigenvalue weighted by Gasteiger charge is -2.17. The van der Waals surface area contributed by atoms with Gasteiger partial charge in [0, 0.05) is 41.6 Å². The van der Waals surface area contributed by atoms with E-state index in [1.165, 1.54) is 12.1 Å². The number of nitrogens with zero attached hydrogens (tertiary/aromatic N) is 1. The lowest BCUT2D eigenvalue weighted by molar-refractivity contribution is -0.384. The van der Waals surface area contributed by atoms with Gasteiger partial charge < -0.3 is 14.7 Å². The normalized spacial score (nSPS) is 12.0. The van der Waals surface area contributed by atoms with Crippen molar-refractivity contribution in [2.24, 2.45) is 0 Å². The fourth-order valence-corrected chi connectivity index (χ4v) is 3.50. The first-order valence-electron chi connectivity index (χ1n) is 9.21. The number of para-hydroxylation sites is 1. The Kier molecular flexibility index (Phi) is 5.11. The number of aromatic nitrogens is 1. The molecule has 7 nitrogen and oxygen atoms in total. The molecule has 2 aromatic heterocycles. The van der Waals surface area contributed by atoms with E-state index in [0.29, 0.717) is 12.3 Å². The number of amides is 1. The van der Waals surface area contributed by atoms with Crippen LogP contribution in [0.5, 0.6) is 0 Å². The zero-order valence-corrected chi connectivity index (χ0v) is 15.5. The van der Waals surface area contributed by atoms with E-state index in [1.807, 2.05) is 36.5 Å². The Morgan fingerprint density at radius 3 is 2.79 bits per heavy atom. The molecule has 0 saturated carbocycles. The number of rotatable bonds is 7. The summed E-state index contributed by atoms with van der Waals surface area (Å²) in [5, 5.41) is 15.1. The number of nitro groups is 1. The summed E-state index contributed by atoms with van der Waals surface area (Å²) < 4.78 is 5.25. The number of hydrogen-bond donors (Lipinski definition) is 2. The topological polar surface area (TPSA) is 101 Å². The van der Waals surface area contributed by atoms with E-state index in [9.17, 15) is 14.9 Å². The number of carbonyl (C=O) groups is 1. The summed E-state index contributed by atoms with van der Waals surface area (Å²) >= 11 is 0. The Bertz CT molecular complexity index is 1150. The summed E-state index contributed by atoms with van der Waals surface area (Å²) in [6.07, 6.45) is 3.58. The van der Waals surface area contributed by atoms with Crippen LogP contribution in [0.2, 0.25) is 0 Å². The molecule has 0 radical (unpaired) electrons. The van der Waals surface area contributed by atoms with E-state index in [-0.39, 0.29) is 23.9 Å². The van der Waals surface area contributed by atoms with Crippen LogP contribution in [-0.4, -0.2) is 15.8 Å². The Hall–Kier alpha value is -3.87. The number of furan rings is 1. The van der Waals surface area contributed by atoms with Crippen molar-refractivity contribution in [2.45, 2.75) is 18.9 Å². The third-order valence-corrected chi connectivity index (χ3v) is 4.91. The minimum Gasteiger partial charge on any atom is -0.467 e. The zero-order chi connectivity index (χ0) is 20.2. The Morgan fingerprint density at radius 2 is 2.00 bits per heavy atom. The molecule has 0 saturated heterocycles. The van der Waals surface area contributed by atoms with Crippen LogP contribution in [0.4, 0.5) is 5.69 Å². The summed E-state index contributed by atoms with van der Waals surface area (Å²) in [5.41, 5.74) is 2.60. The number of fused-ring (bicyclic) bond motifs is 1. The van der Waals surface area contributed by atoms with Crippen molar-refractivity contribution < 1.29 is 14.1 Å². The minimum absolute atomic E-state index is 0.00309. The van der Waals surface area contributed by atoms with E-state index < -0.39 is 4.92 Å². The summed E-state index contributed by atoms with van der Waals surface area (Å²) in [5.74, 6) is 0.170. The first-order valence-corrected chi connectivity index (χ1v) is 9.21. The van der Waals surface area contributed by atoms with E-state index in [0.717, 1.165) is 22.0 Å². The number of carbonyl (C=O) groups excluding carboxylic acids is 1. The number of nitrogens with one attached hydrogen (secondary N) is 2. The van der Waals surface area contributed by atoms with Gasteiger partial charge in [0.15, 0.2) is 0 Å². The molecule has 1 atom stereocenters. The molecule has 0 fully saturated rings. The van der Waals surface area contributed by atoms with Gasteiger partial charge in [-0.1, -0.05) is 30.3 Å². The molecule has 0 bridgehead atoms. The largest absolute Gasteiger partial charge is 0.467 e. The van der Waals surface area contributed by atoms with Crippen LogP contribution < -0.4 is 5.32 Å². The van der Waals surface area contributed by atoms with E-state index in [2.05, 4.69) is 10.3 Å². The molecule has 0 unspecified atom stereocenters. The highest BCUT2D eigenvalue weighted by molar-refractivity contribution is 5.86. The van der Waals surface area contributed by atoms with Crippen molar-refractivity contribution in [1.82, 2.24) is 10.3 Å². The minimum atomic E-state index is -0.424. The first kappa shape index (κ1) is 18.5. The molecular weight excluding hydrogens is 370 g/mol. The van der Waals surface area contributed by atoms with Crippen LogP contribution in [0.3, 0.4) is 0 Å². The third kappa shape index (κ3) is 4.03. The number of benzene rings is 2. The van der Waals surface area contributed by atoms with Crippen molar-refractivity contribution >= 4 is 22.5 Å². The third-order valence-electron chi connectivity index (χ3n) is 4.91. The molecule has 2 N–H and O–H groups in total. The quantitative estimate of drug-likeness (QED) is 0.359. The maximum Gasteiger partial charge on any atom is 0.269 e. The van der Waals surface area contributed by atoms with Gasteiger partial charge in [0.1, 0.15) is 5.76 Å². The molecule has 4 rings (SSSR count). The molecule has 0 aliphatic rings. The highest BCUT2D eigenvalue weighted by Crippen LogP contribution is 2.34. The summed E-state index contributed by atoms with van der Waals surface area (Å²) in [7, 11) is 0. The Balaban J connectivity index is 1.66. The van der Waals surface area contributed by atoms with Crippen LogP contribution in [0.25, 0.3) is 10.9 Å². The molecule has 2 aromatic carbocycles. The zero-order valence-electron chi connectivity index (χ0n) is 15.5. The lowest BCUT2D eigenvalue weighted by Crippen LogP contribution is -2.24. The van der Waals surface area contributed by atoms with Crippen LogP contribution in [0.1, 0.15) is 29.2 Å². The second-order valence-corrected chi connectivity index (χ2v) is 6.75. The average Bonchev–Trinajstić information content (AvgIpc) is 3.40. The molecular formula is C22H19N3O4. The van der Waals surface area contributed by atoms with Crippen molar-refractivity contribution in [3.05, 3.63) is 100 Å². The van der Waals surface area contributed by atoms with Gasteiger partial charge in [-0.3, -0.25) is 14.9 Å². The molecule has 7 heteroatoms. The molecule has 146 valence electrons. The van der Waals surface area contributed by atoms with Crippen LogP contribution in [0, 0.1) is 10.1 Å². The first-order chi connectivity index (χ1) is 14.1. The van der Waals surface area contributed by atoms with Gasteiger partial charge in [0.25, 0.3) is 5.69 Å². The van der Waals surface area contributed by atoms with Gasteiger partial charge in [0.2, 0.25) is 5.91 Å². The average molecular weight is 389 g/mol. The Labute approximate surface area is 166 Å². The monoisotopic (exact) mass is 389 g/mol. The van der Waals surface area contributed by atoms with E-state index in [4.69, 9.17) is 4.42 Å². The summed E-state index contributed by atoms with van der Waals surface area (Å²) in [6.45, 7) is 0.293. The summed E-state index contributed by atoms with van der Waals surface area (Å²) in [6, 6.07) is 17.8. The molecule has 29 heavy (non-hydrogen) atoms. The van der Waals surface area contributed by atoms with Crippen molar-refractivity contribution in [1.29, 1.82) is 0 Å². The summed E-state index contributed by atoms with van der Waals surface area (Å²) in [4.78, 5) is 26.7. The predicted octanol–water partition coefficient (Wildman–Crippen LogP) is 4.51. The van der Waals surface area contributed by atoms with Crippen LogP contribution in [-0.2, 0) is 11.3 Å². The smallest absolute Gasteiger partial charge is 0.269 e. The van der Waals surface area contributed by atoms with E-state index in [1.54, 1.807) is 24.5 Å². The molecule has 2 heterocycles. The van der Waals surface area contributed by atoms with Gasteiger partial charge in [-0.2, -0.15) is 0 Å².